The Balaban J connectivity index is 1.82. The molecule has 1 nitrogen and oxygen atoms in total. The van der Waals surface area contributed by atoms with Crippen molar-refractivity contribution in [2.24, 2.45) is 11.8 Å². The first-order chi connectivity index (χ1) is 5.93. The van der Waals surface area contributed by atoms with Gasteiger partial charge in [-0.05, 0) is 57.0 Å². The first-order valence-electron chi connectivity index (χ1n) is 5.67. The van der Waals surface area contributed by atoms with Crippen LogP contribution in [0, 0.1) is 11.8 Å². The summed E-state index contributed by atoms with van der Waals surface area (Å²) in [5, 5.41) is 0. The average Bonchev–Trinajstić information content (AvgIpc) is 2.61. The van der Waals surface area contributed by atoms with Gasteiger partial charge in [0.25, 0.3) is 0 Å². The minimum atomic E-state index is 1.01. The Morgan fingerprint density at radius 2 is 1.92 bits per heavy atom. The molecular formula is C11H19N. The van der Waals surface area contributed by atoms with Crippen molar-refractivity contribution in [3.63, 3.8) is 0 Å². The molecule has 2 heterocycles. The summed E-state index contributed by atoms with van der Waals surface area (Å²) in [5.74, 6) is 2.21. The van der Waals surface area contributed by atoms with Gasteiger partial charge in [-0.2, -0.15) is 0 Å². The molecule has 2 aliphatic heterocycles. The average molecular weight is 165 g/mol. The van der Waals surface area contributed by atoms with Crippen molar-refractivity contribution >= 4 is 0 Å². The van der Waals surface area contributed by atoms with Crippen LogP contribution >= 0.6 is 0 Å². The maximum Gasteiger partial charge on any atom is 0.0124 e. The summed E-state index contributed by atoms with van der Waals surface area (Å²) in [4.78, 5) is 2.78. The molecule has 3 fully saturated rings. The second-order valence-electron chi connectivity index (χ2n) is 4.97. The smallest absolute Gasteiger partial charge is 0.0124 e. The minimum absolute atomic E-state index is 1.01. The topological polar surface area (TPSA) is 3.24 Å². The van der Waals surface area contributed by atoms with Crippen LogP contribution in [-0.2, 0) is 0 Å². The highest BCUT2D eigenvalue weighted by Gasteiger charge is 2.39. The molecule has 1 aliphatic carbocycles. The SMILES string of the molecule is C1CC2C3CCC(CCN2C1)C3. The molecule has 12 heavy (non-hydrogen) atoms. The summed E-state index contributed by atoms with van der Waals surface area (Å²) >= 11 is 0. The van der Waals surface area contributed by atoms with Crippen molar-refractivity contribution in [1.29, 1.82) is 0 Å². The van der Waals surface area contributed by atoms with Crippen molar-refractivity contribution in [3.05, 3.63) is 0 Å². The van der Waals surface area contributed by atoms with Crippen LogP contribution in [-0.4, -0.2) is 24.0 Å². The zero-order valence-electron chi connectivity index (χ0n) is 7.84. The fourth-order valence-electron chi connectivity index (χ4n) is 3.74. The second kappa shape index (κ2) is 2.73. The highest BCUT2D eigenvalue weighted by molar-refractivity contribution is 4.93. The van der Waals surface area contributed by atoms with Crippen LogP contribution in [0.4, 0.5) is 0 Å². The van der Waals surface area contributed by atoms with Crippen LogP contribution in [0.2, 0.25) is 0 Å². The van der Waals surface area contributed by atoms with Gasteiger partial charge >= 0.3 is 0 Å². The highest BCUT2D eigenvalue weighted by atomic mass is 15.2. The molecular weight excluding hydrogens is 146 g/mol. The summed E-state index contributed by atoms with van der Waals surface area (Å²) in [6, 6.07) is 1.01. The van der Waals surface area contributed by atoms with E-state index in [0.717, 1.165) is 17.9 Å². The first kappa shape index (κ1) is 7.37. The Bertz CT molecular complexity index is 178. The molecule has 1 saturated carbocycles. The normalized spacial score (nSPS) is 47.5. The molecule has 0 radical (unpaired) electrons. The lowest BCUT2D eigenvalue weighted by Crippen LogP contribution is -2.34. The third-order valence-corrected chi connectivity index (χ3v) is 4.36. The van der Waals surface area contributed by atoms with Gasteiger partial charge in [-0.25, -0.2) is 0 Å². The first-order valence-corrected chi connectivity index (χ1v) is 5.67. The molecule has 2 saturated heterocycles. The largest absolute Gasteiger partial charge is 0.300 e. The van der Waals surface area contributed by atoms with Gasteiger partial charge in [0.2, 0.25) is 0 Å². The van der Waals surface area contributed by atoms with Crippen LogP contribution in [0.15, 0.2) is 0 Å². The van der Waals surface area contributed by atoms with Gasteiger partial charge in [0.1, 0.15) is 0 Å². The number of hydrogen-bond donors (Lipinski definition) is 0. The lowest BCUT2D eigenvalue weighted by atomic mass is 9.96. The van der Waals surface area contributed by atoms with E-state index in [2.05, 4.69) is 4.90 Å². The maximum atomic E-state index is 2.78. The number of hydrogen-bond acceptors (Lipinski definition) is 1. The van der Waals surface area contributed by atoms with Crippen LogP contribution in [0.25, 0.3) is 0 Å². The lowest BCUT2D eigenvalue weighted by Gasteiger charge is -2.27. The van der Waals surface area contributed by atoms with Crippen molar-refractivity contribution in [2.75, 3.05) is 13.1 Å². The van der Waals surface area contributed by atoms with Crippen LogP contribution in [0.3, 0.4) is 0 Å². The van der Waals surface area contributed by atoms with Gasteiger partial charge in [0.15, 0.2) is 0 Å². The van der Waals surface area contributed by atoms with Crippen molar-refractivity contribution in [2.45, 2.75) is 44.6 Å². The third kappa shape index (κ3) is 1.02. The van der Waals surface area contributed by atoms with E-state index in [4.69, 9.17) is 0 Å². The Hall–Kier alpha value is -0.0400. The fraction of sp³-hybridized carbons (Fsp3) is 1.00. The molecule has 0 aromatic rings. The number of fused-ring (bicyclic) bond motifs is 4. The Morgan fingerprint density at radius 3 is 2.92 bits per heavy atom. The van der Waals surface area contributed by atoms with E-state index in [-0.39, 0.29) is 0 Å². The standard InChI is InChI=1S/C11H19N/c1-2-11-10-4-3-9(8-10)5-7-12(11)6-1/h9-11H,1-8H2. The summed E-state index contributed by atoms with van der Waals surface area (Å²) in [6.07, 6.45) is 9.16. The predicted octanol–water partition coefficient (Wildman–Crippen LogP) is 2.27. The van der Waals surface area contributed by atoms with Gasteiger partial charge < -0.3 is 4.90 Å². The minimum Gasteiger partial charge on any atom is -0.300 e. The summed E-state index contributed by atoms with van der Waals surface area (Å²) in [6.45, 7) is 2.83. The van der Waals surface area contributed by atoms with Gasteiger partial charge in [0.05, 0.1) is 0 Å². The van der Waals surface area contributed by atoms with Gasteiger partial charge in [-0.1, -0.05) is 6.42 Å². The molecule has 0 aromatic carbocycles. The monoisotopic (exact) mass is 165 g/mol. The van der Waals surface area contributed by atoms with Gasteiger partial charge in [-0.3, -0.25) is 0 Å². The Morgan fingerprint density at radius 1 is 0.917 bits per heavy atom. The molecule has 0 aromatic heterocycles. The molecule has 0 amide bonds. The van der Waals surface area contributed by atoms with Gasteiger partial charge in [-0.15, -0.1) is 0 Å². The highest BCUT2D eigenvalue weighted by Crippen LogP contribution is 2.42. The third-order valence-electron chi connectivity index (χ3n) is 4.36. The van der Waals surface area contributed by atoms with Gasteiger partial charge in [0, 0.05) is 6.04 Å². The van der Waals surface area contributed by atoms with E-state index in [1.165, 1.54) is 32.4 Å². The van der Waals surface area contributed by atoms with Crippen molar-refractivity contribution in [1.82, 2.24) is 4.90 Å². The van der Waals surface area contributed by atoms with Crippen LogP contribution in [0.1, 0.15) is 38.5 Å². The zero-order chi connectivity index (χ0) is 7.97. The molecule has 68 valence electrons. The van der Waals surface area contributed by atoms with E-state index >= 15 is 0 Å². The van der Waals surface area contributed by atoms with Crippen LogP contribution in [0.5, 0.6) is 0 Å². The van der Waals surface area contributed by atoms with E-state index < -0.39 is 0 Å². The summed E-state index contributed by atoms with van der Waals surface area (Å²) in [5.41, 5.74) is 0. The molecule has 0 N–H and O–H groups in total. The molecule has 2 bridgehead atoms. The van der Waals surface area contributed by atoms with E-state index in [9.17, 15) is 0 Å². The molecule has 1 heteroatoms. The molecule has 3 atom stereocenters. The van der Waals surface area contributed by atoms with E-state index in [1.54, 1.807) is 19.3 Å². The molecule has 3 aliphatic rings. The van der Waals surface area contributed by atoms with E-state index in [0.29, 0.717) is 0 Å². The number of rotatable bonds is 0. The van der Waals surface area contributed by atoms with Crippen molar-refractivity contribution < 1.29 is 0 Å². The fourth-order valence-corrected chi connectivity index (χ4v) is 3.74. The second-order valence-corrected chi connectivity index (χ2v) is 4.97. The predicted molar refractivity (Wildman–Crippen MR) is 50.0 cm³/mol. The molecule has 3 unspecified atom stereocenters. The summed E-state index contributed by atoms with van der Waals surface area (Å²) in [7, 11) is 0. The summed E-state index contributed by atoms with van der Waals surface area (Å²) < 4.78 is 0. The molecule has 0 spiro atoms. The van der Waals surface area contributed by atoms with E-state index in [1.807, 2.05) is 0 Å². The number of nitrogens with zero attached hydrogens (tertiary/aromatic N) is 1. The Kier molecular flexibility index (Phi) is 1.68. The maximum absolute atomic E-state index is 2.78. The molecule has 3 rings (SSSR count). The lowest BCUT2D eigenvalue weighted by molar-refractivity contribution is 0.200. The van der Waals surface area contributed by atoms with Crippen LogP contribution < -0.4 is 0 Å². The zero-order valence-corrected chi connectivity index (χ0v) is 7.84. The Labute approximate surface area is 75.1 Å². The quantitative estimate of drug-likeness (QED) is 0.532. The van der Waals surface area contributed by atoms with Crippen molar-refractivity contribution in [3.8, 4) is 0 Å².